The molecular weight excluding hydrogens is 592 g/mol. The van der Waals surface area contributed by atoms with Crippen LogP contribution in [0.5, 0.6) is 0 Å². The predicted octanol–water partition coefficient (Wildman–Crippen LogP) is 6.72. The zero-order chi connectivity index (χ0) is 31.3. The van der Waals surface area contributed by atoms with Crippen LogP contribution in [0.25, 0.3) is 22.0 Å². The summed E-state index contributed by atoms with van der Waals surface area (Å²) >= 11 is 1.27. The lowest BCUT2D eigenvalue weighted by atomic mass is 9.95. The van der Waals surface area contributed by atoms with Crippen LogP contribution in [0.2, 0.25) is 0 Å². The van der Waals surface area contributed by atoms with E-state index in [4.69, 9.17) is 0 Å². The first-order valence-corrected chi connectivity index (χ1v) is 15.3. The fourth-order valence-corrected chi connectivity index (χ4v) is 7.88. The summed E-state index contributed by atoms with van der Waals surface area (Å²) in [5, 5.41) is 0.210. The van der Waals surface area contributed by atoms with Crippen molar-refractivity contribution in [3.05, 3.63) is 101 Å². The molecule has 4 aromatic rings. The molecule has 3 aromatic carbocycles. The van der Waals surface area contributed by atoms with Crippen LogP contribution in [0.3, 0.4) is 0 Å². The van der Waals surface area contributed by atoms with Crippen molar-refractivity contribution in [1.29, 1.82) is 0 Å². The number of thioether (sulfide) groups is 1. The van der Waals surface area contributed by atoms with E-state index in [0.29, 0.717) is 16.2 Å². The second-order valence-corrected chi connectivity index (χ2v) is 12.4. The average molecular weight is 623 g/mol. The lowest BCUT2D eigenvalue weighted by molar-refractivity contribution is -0.137. The van der Waals surface area contributed by atoms with Gasteiger partial charge >= 0.3 is 11.9 Å². The first-order valence-electron chi connectivity index (χ1n) is 14.3. The number of hydrogen-bond acceptors (Lipinski definition) is 5. The maximum Gasteiger partial charge on any atom is 0.417 e. The molecule has 0 bridgehead atoms. The Kier molecular flexibility index (Phi) is 7.77. The van der Waals surface area contributed by atoms with E-state index in [1.165, 1.54) is 34.5 Å². The highest BCUT2D eigenvalue weighted by molar-refractivity contribution is 7.99. The van der Waals surface area contributed by atoms with Crippen molar-refractivity contribution in [1.82, 2.24) is 14.5 Å². The summed E-state index contributed by atoms with van der Waals surface area (Å²) in [6.45, 7) is 8.05. The highest BCUT2D eigenvalue weighted by atomic mass is 32.2. The molecule has 2 aliphatic heterocycles. The summed E-state index contributed by atoms with van der Waals surface area (Å²) in [7, 11) is 0. The predicted molar refractivity (Wildman–Crippen MR) is 164 cm³/mol. The second-order valence-electron chi connectivity index (χ2n) is 11.3. The molecule has 1 aromatic heterocycles. The number of carbonyl (C=O) groups excluding carboxylic acids is 1. The van der Waals surface area contributed by atoms with E-state index >= 15 is 0 Å². The fraction of sp³-hybridized carbons (Fsp3) is 0.303. The number of anilines is 1. The smallest absolute Gasteiger partial charge is 0.352 e. The summed E-state index contributed by atoms with van der Waals surface area (Å²) in [5.74, 6) is -0.404. The number of piperazine rings is 1. The number of hydrogen-bond donors (Lipinski definition) is 0. The first-order chi connectivity index (χ1) is 21.0. The summed E-state index contributed by atoms with van der Waals surface area (Å²) in [6, 6.07) is 15.0. The first kappa shape index (κ1) is 29.9. The van der Waals surface area contributed by atoms with Crippen molar-refractivity contribution in [3.8, 4) is 11.1 Å². The molecule has 0 aliphatic carbocycles. The molecule has 0 saturated carbocycles. The molecule has 228 valence electrons. The van der Waals surface area contributed by atoms with Crippen molar-refractivity contribution >= 4 is 34.4 Å². The van der Waals surface area contributed by atoms with Crippen LogP contribution in [0.1, 0.15) is 30.9 Å². The van der Waals surface area contributed by atoms with Gasteiger partial charge in [0.25, 0.3) is 0 Å². The maximum absolute atomic E-state index is 14.9. The largest absolute Gasteiger partial charge is 0.417 e. The highest BCUT2D eigenvalue weighted by Crippen LogP contribution is 2.49. The van der Waals surface area contributed by atoms with Gasteiger partial charge in [-0.1, -0.05) is 49.0 Å². The van der Waals surface area contributed by atoms with E-state index in [2.05, 4.69) is 11.6 Å². The number of amides is 1. The van der Waals surface area contributed by atoms with E-state index in [1.54, 1.807) is 9.80 Å². The Morgan fingerprint density at radius 2 is 1.68 bits per heavy atom. The molecule has 11 heteroatoms. The molecule has 0 unspecified atom stereocenters. The molecular formula is C33H30F4N4O2S. The number of nitrogens with zero attached hydrogens (tertiary/aromatic N) is 4. The van der Waals surface area contributed by atoms with E-state index in [1.807, 2.05) is 44.2 Å². The van der Waals surface area contributed by atoms with Gasteiger partial charge in [0.1, 0.15) is 11.6 Å². The fourth-order valence-electron chi connectivity index (χ4n) is 6.49. The molecule has 0 spiro atoms. The Morgan fingerprint density at radius 1 is 1.02 bits per heavy atom. The van der Waals surface area contributed by atoms with Gasteiger partial charge in [0.05, 0.1) is 11.1 Å². The van der Waals surface area contributed by atoms with Gasteiger partial charge in [0.15, 0.2) is 0 Å². The molecule has 3 atom stereocenters. The van der Waals surface area contributed by atoms with Crippen LogP contribution in [0.4, 0.5) is 23.4 Å². The maximum atomic E-state index is 14.9. The molecule has 3 heterocycles. The Morgan fingerprint density at radius 3 is 2.30 bits per heavy atom. The van der Waals surface area contributed by atoms with Crippen LogP contribution in [0.15, 0.2) is 83.0 Å². The number of benzene rings is 3. The van der Waals surface area contributed by atoms with Crippen molar-refractivity contribution in [2.24, 2.45) is 0 Å². The summed E-state index contributed by atoms with van der Waals surface area (Å²) < 4.78 is 60.2. The number of carbonyl (C=O) groups is 1. The minimum atomic E-state index is -4.76. The van der Waals surface area contributed by atoms with Gasteiger partial charge in [-0.3, -0.25) is 9.36 Å². The Hall–Kier alpha value is -4.12. The molecule has 6 nitrogen and oxygen atoms in total. The summed E-state index contributed by atoms with van der Waals surface area (Å²) in [5.41, 5.74) is 0.0104. The number of halogens is 4. The van der Waals surface area contributed by atoms with Gasteiger partial charge in [-0.25, -0.2) is 9.18 Å². The summed E-state index contributed by atoms with van der Waals surface area (Å²) in [6.07, 6.45) is -3.51. The molecule has 44 heavy (non-hydrogen) atoms. The molecule has 1 saturated heterocycles. The normalized spacial score (nSPS) is 20.5. The molecule has 6 rings (SSSR count). The second kappa shape index (κ2) is 11.4. The third-order valence-corrected chi connectivity index (χ3v) is 9.64. The minimum Gasteiger partial charge on any atom is -0.352 e. The van der Waals surface area contributed by atoms with E-state index in [0.717, 1.165) is 23.8 Å². The third-order valence-electron chi connectivity index (χ3n) is 8.39. The standard InChI is InChI=1S/C33H30F4N4O2S/c1-4-27(42)41-19(2)15-39(16-20(41)3)31-25-14-26(33(35,36)37)28(22-10-12-24(34)13-11-22)30-29(25)40(32(43)38-31)17-23(18-44-30)21-8-6-5-7-9-21/h4-14,19-20,23H,1,15-18H2,2-3H3/t19-,20+,23-/m1/s1. The lowest BCUT2D eigenvalue weighted by Gasteiger charge is -2.44. The van der Waals surface area contributed by atoms with Crippen LogP contribution < -0.4 is 10.6 Å². The zero-order valence-corrected chi connectivity index (χ0v) is 25.0. The van der Waals surface area contributed by atoms with E-state index in [-0.39, 0.29) is 65.9 Å². The van der Waals surface area contributed by atoms with Gasteiger partial charge in [-0.2, -0.15) is 18.2 Å². The van der Waals surface area contributed by atoms with E-state index < -0.39 is 23.2 Å². The molecule has 0 N–H and O–H groups in total. The van der Waals surface area contributed by atoms with E-state index in [9.17, 15) is 27.2 Å². The number of rotatable bonds is 4. The van der Waals surface area contributed by atoms with Crippen molar-refractivity contribution in [2.45, 2.75) is 49.5 Å². The van der Waals surface area contributed by atoms with Crippen molar-refractivity contribution < 1.29 is 22.4 Å². The Bertz CT molecular complexity index is 1800. The van der Waals surface area contributed by atoms with Crippen molar-refractivity contribution in [3.63, 3.8) is 0 Å². The van der Waals surface area contributed by atoms with Crippen LogP contribution in [-0.2, 0) is 17.5 Å². The third kappa shape index (κ3) is 5.27. The van der Waals surface area contributed by atoms with Crippen molar-refractivity contribution in [2.75, 3.05) is 23.7 Å². The van der Waals surface area contributed by atoms with Gasteiger partial charge in [0.2, 0.25) is 5.91 Å². The Balaban J connectivity index is 1.63. The molecule has 0 radical (unpaired) electrons. The van der Waals surface area contributed by atoms with Gasteiger partial charge in [-0.05, 0) is 49.2 Å². The molecule has 1 amide bonds. The number of aromatic nitrogens is 2. The molecule has 1 fully saturated rings. The van der Waals surface area contributed by atoms with Crippen LogP contribution in [0, 0.1) is 5.82 Å². The van der Waals surface area contributed by atoms with Gasteiger partial charge in [0, 0.05) is 59.2 Å². The average Bonchev–Trinajstić information content (AvgIpc) is 3.20. The van der Waals surface area contributed by atoms with Crippen LogP contribution >= 0.6 is 11.8 Å². The number of alkyl halides is 3. The SMILES string of the molecule is C=CC(=O)N1[C@H](C)CN(c2nc(=O)n3c4c(c(-c5ccc(F)cc5)c(C(F)(F)F)cc24)SC[C@H](c2ccccc2)C3)C[C@@H]1C. The van der Waals surface area contributed by atoms with Gasteiger partial charge in [-0.15, -0.1) is 11.8 Å². The monoisotopic (exact) mass is 622 g/mol. The molecule has 2 aliphatic rings. The topological polar surface area (TPSA) is 58.4 Å². The van der Waals surface area contributed by atoms with Crippen LogP contribution in [-0.4, -0.2) is 51.3 Å². The lowest BCUT2D eigenvalue weighted by Crippen LogP contribution is -2.58. The highest BCUT2D eigenvalue weighted by Gasteiger charge is 2.39. The quantitative estimate of drug-likeness (QED) is 0.187. The van der Waals surface area contributed by atoms with Gasteiger partial charge < -0.3 is 9.80 Å². The minimum absolute atomic E-state index is 0.0860. The summed E-state index contributed by atoms with van der Waals surface area (Å²) in [4.78, 5) is 34.6. The zero-order valence-electron chi connectivity index (χ0n) is 24.1. The Labute approximate surface area is 256 Å².